The highest BCUT2D eigenvalue weighted by Crippen LogP contribution is 2.16. The number of carbonyl (C=O) groups excluding carboxylic acids is 2. The monoisotopic (exact) mass is 810 g/mol. The molecule has 0 fully saturated rings. The molecule has 0 bridgehead atoms. The lowest BCUT2D eigenvalue weighted by Gasteiger charge is -2.24. The molecular formula is C52H91NO5. The second kappa shape index (κ2) is 45.4. The fourth-order valence-electron chi connectivity index (χ4n) is 6.98. The molecule has 0 aliphatic heterocycles. The third-order valence-electron chi connectivity index (χ3n) is 10.6. The Morgan fingerprint density at radius 3 is 1.48 bits per heavy atom. The second-order valence-corrected chi connectivity index (χ2v) is 16.2. The third-order valence-corrected chi connectivity index (χ3v) is 10.6. The van der Waals surface area contributed by atoms with Crippen molar-refractivity contribution in [3.05, 3.63) is 72.9 Å². The van der Waals surface area contributed by atoms with Gasteiger partial charge in [0.2, 0.25) is 5.91 Å². The summed E-state index contributed by atoms with van der Waals surface area (Å²) in [5.41, 5.74) is 0. The average Bonchev–Trinajstić information content (AvgIpc) is 3.22. The molecule has 6 heteroatoms. The molecule has 0 radical (unpaired) electrons. The van der Waals surface area contributed by atoms with Gasteiger partial charge in [-0.25, -0.2) is 0 Å². The van der Waals surface area contributed by atoms with Crippen LogP contribution in [-0.4, -0.2) is 46.9 Å². The molecule has 0 aliphatic rings. The van der Waals surface area contributed by atoms with Gasteiger partial charge in [-0.2, -0.15) is 0 Å². The van der Waals surface area contributed by atoms with E-state index in [1.165, 1.54) is 103 Å². The fourth-order valence-corrected chi connectivity index (χ4v) is 6.98. The molecule has 0 aliphatic carbocycles. The Morgan fingerprint density at radius 2 is 0.966 bits per heavy atom. The van der Waals surface area contributed by atoms with Gasteiger partial charge in [-0.3, -0.25) is 9.59 Å². The molecule has 3 atom stereocenters. The molecule has 0 heterocycles. The zero-order chi connectivity index (χ0) is 42.4. The van der Waals surface area contributed by atoms with Crippen LogP contribution in [0.3, 0.4) is 0 Å². The summed E-state index contributed by atoms with van der Waals surface area (Å²) < 4.78 is 5.87. The molecule has 0 spiro atoms. The van der Waals surface area contributed by atoms with Gasteiger partial charge >= 0.3 is 5.97 Å². The summed E-state index contributed by atoms with van der Waals surface area (Å²) in [6.07, 6.45) is 56.8. The second-order valence-electron chi connectivity index (χ2n) is 16.2. The van der Waals surface area contributed by atoms with Crippen molar-refractivity contribution in [2.24, 2.45) is 0 Å². The average molecular weight is 810 g/mol. The molecule has 0 aromatic carbocycles. The van der Waals surface area contributed by atoms with Gasteiger partial charge in [-0.15, -0.1) is 0 Å². The van der Waals surface area contributed by atoms with Crippen LogP contribution in [0.4, 0.5) is 0 Å². The van der Waals surface area contributed by atoms with Crippen LogP contribution >= 0.6 is 0 Å². The number of allylic oxidation sites excluding steroid dienone is 12. The summed E-state index contributed by atoms with van der Waals surface area (Å²) in [4.78, 5) is 26.0. The number of rotatable bonds is 42. The molecule has 6 nitrogen and oxygen atoms in total. The van der Waals surface area contributed by atoms with Crippen LogP contribution in [0.5, 0.6) is 0 Å². The summed E-state index contributed by atoms with van der Waals surface area (Å²) >= 11 is 0. The Labute approximate surface area is 358 Å². The molecule has 0 aromatic rings. The van der Waals surface area contributed by atoms with Gasteiger partial charge < -0.3 is 20.3 Å². The first-order valence-electron chi connectivity index (χ1n) is 24.2. The fraction of sp³-hybridized carbons (Fsp3) is 0.731. The van der Waals surface area contributed by atoms with Gasteiger partial charge in [0.25, 0.3) is 0 Å². The number of ether oxygens (including phenoxy) is 1. The van der Waals surface area contributed by atoms with E-state index >= 15 is 0 Å². The number of aliphatic hydroxyl groups excluding tert-OH is 2. The molecule has 3 N–H and O–H groups in total. The van der Waals surface area contributed by atoms with Crippen LogP contribution < -0.4 is 5.32 Å². The molecule has 0 rings (SSSR count). The normalized spacial score (nSPS) is 13.9. The number of amides is 1. The van der Waals surface area contributed by atoms with Crippen LogP contribution in [0.2, 0.25) is 0 Å². The molecule has 0 aromatic heterocycles. The number of carbonyl (C=O) groups is 2. The molecule has 0 saturated heterocycles. The zero-order valence-corrected chi connectivity index (χ0v) is 37.9. The van der Waals surface area contributed by atoms with E-state index in [0.717, 1.165) is 70.6 Å². The number of hydrogen-bond donors (Lipinski definition) is 3. The van der Waals surface area contributed by atoms with Crippen molar-refractivity contribution in [3.63, 3.8) is 0 Å². The van der Waals surface area contributed by atoms with Crippen molar-refractivity contribution in [1.82, 2.24) is 5.32 Å². The van der Waals surface area contributed by atoms with E-state index in [0.29, 0.717) is 19.3 Å². The van der Waals surface area contributed by atoms with Crippen LogP contribution in [-0.2, 0) is 14.3 Å². The third kappa shape index (κ3) is 40.1. The lowest BCUT2D eigenvalue weighted by atomic mass is 10.0. The quantitative estimate of drug-likeness (QED) is 0.0247. The summed E-state index contributed by atoms with van der Waals surface area (Å²) in [5.74, 6) is -0.569. The molecule has 1 amide bonds. The Morgan fingerprint density at radius 1 is 0.517 bits per heavy atom. The predicted molar refractivity (Wildman–Crippen MR) is 250 cm³/mol. The maximum absolute atomic E-state index is 13.1. The zero-order valence-electron chi connectivity index (χ0n) is 37.9. The lowest BCUT2D eigenvalue weighted by molar-refractivity contribution is -0.151. The smallest absolute Gasteiger partial charge is 0.306 e. The van der Waals surface area contributed by atoms with E-state index in [1.807, 2.05) is 48.6 Å². The van der Waals surface area contributed by atoms with E-state index in [4.69, 9.17) is 4.74 Å². The molecule has 0 saturated carbocycles. The van der Waals surface area contributed by atoms with Crippen molar-refractivity contribution in [2.45, 2.75) is 238 Å². The highest BCUT2D eigenvalue weighted by Gasteiger charge is 2.24. The van der Waals surface area contributed by atoms with E-state index in [2.05, 4.69) is 50.4 Å². The van der Waals surface area contributed by atoms with E-state index < -0.39 is 18.2 Å². The maximum Gasteiger partial charge on any atom is 0.306 e. The van der Waals surface area contributed by atoms with Gasteiger partial charge in [0.05, 0.1) is 25.2 Å². The van der Waals surface area contributed by atoms with Crippen molar-refractivity contribution in [2.75, 3.05) is 6.61 Å². The number of nitrogens with one attached hydrogen (secondary N) is 1. The minimum atomic E-state index is -0.810. The number of hydrogen-bond acceptors (Lipinski definition) is 5. The maximum atomic E-state index is 13.1. The first-order valence-corrected chi connectivity index (χ1v) is 24.2. The van der Waals surface area contributed by atoms with E-state index in [9.17, 15) is 19.8 Å². The van der Waals surface area contributed by atoms with E-state index in [-0.39, 0.29) is 24.9 Å². The Balaban J connectivity index is 4.72. The SMILES string of the molecule is CC/C=C/C=C/C=C\C=C/C=C/CCCC(CC(=O)NC(CO)C(O)CCCCCCCCCCCCCCC)OC(=O)CCCCC/C=C\CCCCCCCC. The Hall–Kier alpha value is -2.70. The van der Waals surface area contributed by atoms with Crippen molar-refractivity contribution in [3.8, 4) is 0 Å². The van der Waals surface area contributed by atoms with Crippen molar-refractivity contribution < 1.29 is 24.5 Å². The summed E-state index contributed by atoms with van der Waals surface area (Å²) in [6, 6.07) is -0.729. The number of aliphatic hydroxyl groups is 2. The summed E-state index contributed by atoms with van der Waals surface area (Å²) in [7, 11) is 0. The Kier molecular flexibility index (Phi) is 43.3. The van der Waals surface area contributed by atoms with Crippen molar-refractivity contribution >= 4 is 11.9 Å². The van der Waals surface area contributed by atoms with Gasteiger partial charge in [-0.05, 0) is 64.2 Å². The minimum Gasteiger partial charge on any atom is -0.462 e. The summed E-state index contributed by atoms with van der Waals surface area (Å²) in [6.45, 7) is 6.29. The molecule has 3 unspecified atom stereocenters. The highest BCUT2D eigenvalue weighted by atomic mass is 16.5. The molecular weight excluding hydrogens is 719 g/mol. The lowest BCUT2D eigenvalue weighted by Crippen LogP contribution is -2.46. The van der Waals surface area contributed by atoms with Crippen molar-refractivity contribution in [1.29, 1.82) is 0 Å². The number of esters is 1. The summed E-state index contributed by atoms with van der Waals surface area (Å²) in [5, 5.41) is 23.7. The highest BCUT2D eigenvalue weighted by molar-refractivity contribution is 5.77. The number of unbranched alkanes of at least 4 members (excludes halogenated alkanes) is 22. The van der Waals surface area contributed by atoms with Gasteiger partial charge in [-0.1, -0.05) is 216 Å². The minimum absolute atomic E-state index is 0.0203. The van der Waals surface area contributed by atoms with Crippen LogP contribution in [0.25, 0.3) is 0 Å². The first kappa shape index (κ1) is 55.3. The van der Waals surface area contributed by atoms with Gasteiger partial charge in [0.15, 0.2) is 0 Å². The predicted octanol–water partition coefficient (Wildman–Crippen LogP) is 14.2. The molecule has 334 valence electrons. The Bertz CT molecular complexity index is 1090. The van der Waals surface area contributed by atoms with Crippen LogP contribution in [0.15, 0.2) is 72.9 Å². The topological polar surface area (TPSA) is 95.9 Å². The van der Waals surface area contributed by atoms with Crippen LogP contribution in [0.1, 0.15) is 220 Å². The largest absolute Gasteiger partial charge is 0.462 e. The first-order chi connectivity index (χ1) is 28.5. The van der Waals surface area contributed by atoms with Gasteiger partial charge in [0, 0.05) is 6.42 Å². The van der Waals surface area contributed by atoms with E-state index in [1.54, 1.807) is 0 Å². The van der Waals surface area contributed by atoms with Gasteiger partial charge in [0.1, 0.15) is 6.10 Å². The standard InChI is InChI=1S/C52H91NO5/c1-4-7-10-13-16-19-22-25-28-31-34-37-40-43-48(58-52(57)45-42-39-36-33-30-27-24-21-18-15-12-9-6-3)46-51(56)53-49(47-54)50(55)44-41-38-35-32-29-26-23-20-17-14-11-8-5-2/h7,10,13,16,19,22,25,27-28,30-31,34,48-50,54-55H,4-6,8-9,11-12,14-15,17-18,20-21,23-24,26,29,32-33,35-47H2,1-3H3,(H,53,56)/b10-7+,16-13+,22-19-,28-25-,30-27-,34-31+. The van der Waals surface area contributed by atoms with Crippen LogP contribution in [0, 0.1) is 0 Å². The molecule has 58 heavy (non-hydrogen) atoms.